The molecular formula is C13H11BrClNO2S. The van der Waals surface area contributed by atoms with Gasteiger partial charge in [0.05, 0.1) is 11.3 Å². The standard InChI is InChI=1S/C13H11BrClNO2S/c1-7-2-10(14)12(4-11(7)15)16-5-9-3-8(6-19-9)13(17)18/h2-4,6,16H,5H2,1H3,(H,17,18). The Hall–Kier alpha value is -1.04. The number of carboxylic acid groups (broad SMARTS) is 1. The van der Waals surface area contributed by atoms with Gasteiger partial charge in [-0.05, 0) is 46.6 Å². The summed E-state index contributed by atoms with van der Waals surface area (Å²) in [5, 5.41) is 14.4. The topological polar surface area (TPSA) is 49.3 Å². The number of hydrogen-bond acceptors (Lipinski definition) is 3. The van der Waals surface area contributed by atoms with Crippen LogP contribution in [0.15, 0.2) is 28.1 Å². The summed E-state index contributed by atoms with van der Waals surface area (Å²) in [7, 11) is 0. The second-order valence-corrected chi connectivity index (χ2v) is 6.30. The zero-order valence-electron chi connectivity index (χ0n) is 10.0. The smallest absolute Gasteiger partial charge is 0.336 e. The number of rotatable bonds is 4. The number of hydrogen-bond donors (Lipinski definition) is 2. The van der Waals surface area contributed by atoms with Crippen LogP contribution >= 0.6 is 38.9 Å². The van der Waals surface area contributed by atoms with Crippen LogP contribution in [0, 0.1) is 6.92 Å². The van der Waals surface area contributed by atoms with Crippen LogP contribution in [0.4, 0.5) is 5.69 Å². The van der Waals surface area contributed by atoms with Crippen LogP contribution in [-0.4, -0.2) is 11.1 Å². The van der Waals surface area contributed by atoms with Crippen LogP contribution in [0.25, 0.3) is 0 Å². The van der Waals surface area contributed by atoms with Crippen LogP contribution in [0.2, 0.25) is 5.02 Å². The Bertz CT molecular complexity index is 627. The third kappa shape index (κ3) is 3.49. The Labute approximate surface area is 128 Å². The van der Waals surface area contributed by atoms with E-state index in [0.29, 0.717) is 17.1 Å². The van der Waals surface area contributed by atoms with Crippen molar-refractivity contribution in [3.8, 4) is 0 Å². The maximum Gasteiger partial charge on any atom is 0.336 e. The number of aryl methyl sites for hydroxylation is 1. The van der Waals surface area contributed by atoms with Crippen molar-refractivity contribution in [2.75, 3.05) is 5.32 Å². The van der Waals surface area contributed by atoms with Crippen molar-refractivity contribution < 1.29 is 9.90 Å². The molecule has 6 heteroatoms. The van der Waals surface area contributed by atoms with Crippen molar-refractivity contribution in [2.45, 2.75) is 13.5 Å². The highest BCUT2D eigenvalue weighted by atomic mass is 79.9. The summed E-state index contributed by atoms with van der Waals surface area (Å²) in [4.78, 5) is 11.7. The number of carboxylic acids is 1. The largest absolute Gasteiger partial charge is 0.478 e. The van der Waals surface area contributed by atoms with Crippen molar-refractivity contribution in [3.63, 3.8) is 0 Å². The van der Waals surface area contributed by atoms with E-state index in [-0.39, 0.29) is 0 Å². The minimum atomic E-state index is -0.901. The fraction of sp³-hybridized carbons (Fsp3) is 0.154. The van der Waals surface area contributed by atoms with Gasteiger partial charge in [0.2, 0.25) is 0 Å². The van der Waals surface area contributed by atoms with Gasteiger partial charge in [-0.1, -0.05) is 11.6 Å². The maximum atomic E-state index is 10.8. The molecule has 0 amide bonds. The molecule has 2 rings (SSSR count). The molecule has 0 bridgehead atoms. The van der Waals surface area contributed by atoms with Gasteiger partial charge >= 0.3 is 5.97 Å². The second kappa shape index (κ2) is 5.94. The van der Waals surface area contributed by atoms with E-state index in [9.17, 15) is 4.79 Å². The molecule has 0 fully saturated rings. The Morgan fingerprint density at radius 3 is 2.84 bits per heavy atom. The summed E-state index contributed by atoms with van der Waals surface area (Å²) in [6.07, 6.45) is 0. The molecule has 100 valence electrons. The van der Waals surface area contributed by atoms with E-state index < -0.39 is 5.97 Å². The molecule has 1 heterocycles. The quantitative estimate of drug-likeness (QED) is 0.824. The van der Waals surface area contributed by atoms with Crippen LogP contribution in [-0.2, 0) is 6.54 Å². The van der Waals surface area contributed by atoms with E-state index in [4.69, 9.17) is 16.7 Å². The van der Waals surface area contributed by atoms with Gasteiger partial charge in [-0.15, -0.1) is 11.3 Å². The molecule has 0 saturated heterocycles. The van der Waals surface area contributed by atoms with Crippen molar-refractivity contribution >= 4 is 50.5 Å². The lowest BCUT2D eigenvalue weighted by atomic mass is 10.2. The molecule has 0 spiro atoms. The molecule has 0 saturated carbocycles. The van der Waals surface area contributed by atoms with Gasteiger partial charge in [0, 0.05) is 26.3 Å². The number of nitrogens with one attached hydrogen (secondary N) is 1. The molecule has 0 aliphatic carbocycles. The molecule has 19 heavy (non-hydrogen) atoms. The fourth-order valence-corrected chi connectivity index (χ4v) is 3.11. The number of halogens is 2. The first-order valence-electron chi connectivity index (χ1n) is 5.47. The lowest BCUT2D eigenvalue weighted by Gasteiger charge is -2.09. The summed E-state index contributed by atoms with van der Waals surface area (Å²) in [6, 6.07) is 5.47. The molecule has 3 nitrogen and oxygen atoms in total. The average molecular weight is 361 g/mol. The van der Waals surface area contributed by atoms with E-state index in [2.05, 4.69) is 21.2 Å². The Kier molecular flexibility index (Phi) is 4.50. The lowest BCUT2D eigenvalue weighted by molar-refractivity contribution is 0.0697. The van der Waals surface area contributed by atoms with Crippen LogP contribution < -0.4 is 5.32 Å². The third-order valence-electron chi connectivity index (χ3n) is 2.60. The first-order valence-corrected chi connectivity index (χ1v) is 7.52. The average Bonchev–Trinajstić information content (AvgIpc) is 2.81. The zero-order chi connectivity index (χ0) is 14.0. The summed E-state index contributed by atoms with van der Waals surface area (Å²) < 4.78 is 0.935. The molecule has 0 atom stereocenters. The number of aromatic carboxylic acids is 1. The van der Waals surface area contributed by atoms with E-state index in [1.165, 1.54) is 11.3 Å². The predicted octanol–water partition coefficient (Wildman–Crippen LogP) is 4.78. The molecule has 2 N–H and O–H groups in total. The summed E-state index contributed by atoms with van der Waals surface area (Å²) in [6.45, 7) is 2.51. The normalized spacial score (nSPS) is 10.5. The highest BCUT2D eigenvalue weighted by Gasteiger charge is 2.08. The van der Waals surface area contributed by atoms with Crippen LogP contribution in [0.3, 0.4) is 0 Å². The Morgan fingerprint density at radius 2 is 2.21 bits per heavy atom. The first-order chi connectivity index (χ1) is 8.97. The van der Waals surface area contributed by atoms with Gasteiger partial charge in [-0.2, -0.15) is 0 Å². The molecule has 2 aromatic rings. The monoisotopic (exact) mass is 359 g/mol. The number of carbonyl (C=O) groups is 1. The molecule has 0 aliphatic rings. The van der Waals surface area contributed by atoms with E-state index >= 15 is 0 Å². The van der Waals surface area contributed by atoms with Gasteiger partial charge in [0.25, 0.3) is 0 Å². The van der Waals surface area contributed by atoms with Gasteiger partial charge in [-0.3, -0.25) is 0 Å². The van der Waals surface area contributed by atoms with E-state index in [1.807, 2.05) is 19.1 Å². The Balaban J connectivity index is 2.09. The fourth-order valence-electron chi connectivity index (χ4n) is 1.55. The van der Waals surface area contributed by atoms with Crippen molar-refractivity contribution in [2.24, 2.45) is 0 Å². The maximum absolute atomic E-state index is 10.8. The highest BCUT2D eigenvalue weighted by Crippen LogP contribution is 2.29. The van der Waals surface area contributed by atoms with E-state index in [0.717, 1.165) is 20.6 Å². The minimum Gasteiger partial charge on any atom is -0.478 e. The molecular weight excluding hydrogens is 350 g/mol. The van der Waals surface area contributed by atoms with E-state index in [1.54, 1.807) is 11.4 Å². The van der Waals surface area contributed by atoms with Gasteiger partial charge in [0.15, 0.2) is 0 Å². The van der Waals surface area contributed by atoms with Crippen LogP contribution in [0.1, 0.15) is 20.8 Å². The zero-order valence-corrected chi connectivity index (χ0v) is 13.2. The van der Waals surface area contributed by atoms with Crippen molar-refractivity contribution in [1.82, 2.24) is 0 Å². The number of thiophene rings is 1. The predicted molar refractivity (Wildman–Crippen MR) is 82.5 cm³/mol. The number of anilines is 1. The Morgan fingerprint density at radius 1 is 1.47 bits per heavy atom. The van der Waals surface area contributed by atoms with Gasteiger partial charge < -0.3 is 10.4 Å². The minimum absolute atomic E-state index is 0.322. The molecule has 0 aliphatic heterocycles. The molecule has 0 unspecified atom stereocenters. The van der Waals surface area contributed by atoms with Crippen LogP contribution in [0.5, 0.6) is 0 Å². The third-order valence-corrected chi connectivity index (χ3v) is 4.60. The number of benzene rings is 1. The second-order valence-electron chi connectivity index (χ2n) is 4.04. The lowest BCUT2D eigenvalue weighted by Crippen LogP contribution is -1.99. The summed E-state index contributed by atoms with van der Waals surface area (Å²) >= 11 is 11.0. The molecule has 0 radical (unpaired) electrons. The SMILES string of the molecule is Cc1cc(Br)c(NCc2cc(C(=O)O)cs2)cc1Cl. The van der Waals surface area contributed by atoms with Gasteiger partial charge in [0.1, 0.15) is 0 Å². The van der Waals surface area contributed by atoms with Crippen molar-refractivity contribution in [3.05, 3.63) is 49.1 Å². The van der Waals surface area contributed by atoms with Crippen molar-refractivity contribution in [1.29, 1.82) is 0 Å². The first kappa shape index (κ1) is 14.4. The molecule has 1 aromatic heterocycles. The summed E-state index contributed by atoms with van der Waals surface area (Å²) in [5.41, 5.74) is 2.21. The highest BCUT2D eigenvalue weighted by molar-refractivity contribution is 9.10. The van der Waals surface area contributed by atoms with Gasteiger partial charge in [-0.25, -0.2) is 4.79 Å². The molecule has 1 aromatic carbocycles. The summed E-state index contributed by atoms with van der Waals surface area (Å²) in [5.74, 6) is -0.901.